The number of nitrogens with one attached hydrogen (secondary N) is 1. The summed E-state index contributed by atoms with van der Waals surface area (Å²) in [5.41, 5.74) is 4.32. The zero-order valence-electron chi connectivity index (χ0n) is 19.6. The van der Waals surface area contributed by atoms with Crippen LogP contribution >= 0.6 is 0 Å². The standard InChI is InChI=1S/C19H17FN2O3.C6H7BNO2/c1-3-24-19(23)17-15(11-5-4-7-21-10(11)2)16-14(22-17)9-13(20)12-6-8-25-18(12)16;1-5-6(10-7-9)3-2-4-8-5/h4-5,7,9,22H,3,6,8H2,1-2H3;2-4,9H,1H3. The predicted molar refractivity (Wildman–Crippen MR) is 129 cm³/mol. The average Bonchev–Trinajstić information content (AvgIpc) is 3.47. The molecule has 0 bridgehead atoms. The third kappa shape index (κ3) is 4.83. The van der Waals surface area contributed by atoms with Crippen molar-refractivity contribution in [2.75, 3.05) is 13.2 Å². The Balaban J connectivity index is 0.000000243. The van der Waals surface area contributed by atoms with Crippen LogP contribution in [0.5, 0.6) is 11.5 Å². The van der Waals surface area contributed by atoms with Crippen molar-refractivity contribution in [3.63, 3.8) is 0 Å². The summed E-state index contributed by atoms with van der Waals surface area (Å²) in [4.78, 5) is 23.8. The van der Waals surface area contributed by atoms with Crippen LogP contribution in [-0.2, 0) is 11.2 Å². The first-order valence-electron chi connectivity index (χ1n) is 11.1. The highest BCUT2D eigenvalue weighted by Crippen LogP contribution is 2.44. The maximum Gasteiger partial charge on any atom is 0.569 e. The molecule has 1 radical (unpaired) electrons. The van der Waals surface area contributed by atoms with Gasteiger partial charge in [0, 0.05) is 41.2 Å². The van der Waals surface area contributed by atoms with Crippen LogP contribution in [0.3, 0.4) is 0 Å². The first kappa shape index (κ1) is 24.2. The molecule has 2 N–H and O–H groups in total. The zero-order valence-corrected chi connectivity index (χ0v) is 19.6. The van der Waals surface area contributed by atoms with Gasteiger partial charge in [0.2, 0.25) is 0 Å². The molecule has 1 aliphatic rings. The highest BCUT2D eigenvalue weighted by Gasteiger charge is 2.29. The molecule has 4 aromatic rings. The van der Waals surface area contributed by atoms with E-state index in [1.54, 1.807) is 44.4 Å². The van der Waals surface area contributed by atoms with Gasteiger partial charge < -0.3 is 24.1 Å². The molecule has 0 spiro atoms. The van der Waals surface area contributed by atoms with Crippen LogP contribution in [-0.4, -0.2) is 46.8 Å². The van der Waals surface area contributed by atoms with E-state index in [0.29, 0.717) is 54.2 Å². The van der Waals surface area contributed by atoms with Crippen molar-refractivity contribution in [3.8, 4) is 22.6 Å². The number of aromatic nitrogens is 3. The largest absolute Gasteiger partial charge is 0.569 e. The van der Waals surface area contributed by atoms with Gasteiger partial charge in [-0.2, -0.15) is 0 Å². The minimum absolute atomic E-state index is 0.253. The Bertz CT molecular complexity index is 1370. The number of hydrogen-bond donors (Lipinski definition) is 2. The number of fused-ring (bicyclic) bond motifs is 3. The highest BCUT2D eigenvalue weighted by atomic mass is 19.1. The van der Waals surface area contributed by atoms with Crippen molar-refractivity contribution < 1.29 is 28.3 Å². The molecule has 0 fully saturated rings. The number of ether oxygens (including phenoxy) is 2. The normalized spacial score (nSPS) is 11.8. The summed E-state index contributed by atoms with van der Waals surface area (Å²) < 4.78 is 30.0. The first-order valence-corrected chi connectivity index (χ1v) is 11.1. The van der Waals surface area contributed by atoms with Crippen molar-refractivity contribution >= 4 is 24.6 Å². The summed E-state index contributed by atoms with van der Waals surface area (Å²) in [5.74, 6) is 0.264. The quantitative estimate of drug-likeness (QED) is 0.330. The number of benzene rings is 1. The fourth-order valence-electron chi connectivity index (χ4n) is 4.01. The lowest BCUT2D eigenvalue weighted by Gasteiger charge is -2.09. The molecule has 8 nitrogen and oxygen atoms in total. The van der Waals surface area contributed by atoms with Crippen LogP contribution in [0.4, 0.5) is 4.39 Å². The van der Waals surface area contributed by atoms with Crippen LogP contribution in [0.25, 0.3) is 22.0 Å². The van der Waals surface area contributed by atoms with E-state index in [1.165, 1.54) is 6.07 Å². The fraction of sp³-hybridized carbons (Fsp3) is 0.240. The molecular weight excluding hydrogens is 452 g/mol. The van der Waals surface area contributed by atoms with Gasteiger partial charge in [-0.25, -0.2) is 9.18 Å². The Hall–Kier alpha value is -3.92. The van der Waals surface area contributed by atoms with E-state index in [2.05, 4.69) is 15.0 Å². The van der Waals surface area contributed by atoms with Gasteiger partial charge in [-0.15, -0.1) is 0 Å². The topological polar surface area (TPSA) is 107 Å². The van der Waals surface area contributed by atoms with Crippen molar-refractivity contribution in [1.29, 1.82) is 0 Å². The smallest absolute Gasteiger partial charge is 0.536 e. The number of rotatable bonds is 5. The summed E-state index contributed by atoms with van der Waals surface area (Å²) in [6.45, 7) is 6.10. The number of aryl methyl sites for hydroxylation is 2. The maximum atomic E-state index is 14.4. The zero-order chi connectivity index (χ0) is 24.9. The van der Waals surface area contributed by atoms with E-state index in [0.717, 1.165) is 17.0 Å². The molecule has 1 aromatic carbocycles. The van der Waals surface area contributed by atoms with Gasteiger partial charge in [0.15, 0.2) is 0 Å². The van der Waals surface area contributed by atoms with Gasteiger partial charge in [0.05, 0.1) is 29.8 Å². The number of aromatic amines is 1. The van der Waals surface area contributed by atoms with Crippen molar-refractivity contribution in [2.45, 2.75) is 27.2 Å². The molecule has 0 saturated heterocycles. The molecule has 179 valence electrons. The maximum absolute atomic E-state index is 14.4. The second kappa shape index (κ2) is 10.6. The number of halogens is 1. The summed E-state index contributed by atoms with van der Waals surface area (Å²) in [5, 5.41) is 8.97. The Morgan fingerprint density at radius 3 is 2.66 bits per heavy atom. The lowest BCUT2D eigenvalue weighted by atomic mass is 9.98. The van der Waals surface area contributed by atoms with Crippen LogP contribution in [0.15, 0.2) is 42.7 Å². The molecule has 0 unspecified atom stereocenters. The SMILES string of the molecule is CCOC(=O)c1[nH]c2cc(F)c3c(c2c1-c1cccnc1C)OCC3.Cc1ncccc1O[B]O. The molecule has 0 amide bonds. The Morgan fingerprint density at radius 1 is 1.23 bits per heavy atom. The van der Waals surface area contributed by atoms with Gasteiger partial charge in [0.1, 0.15) is 23.0 Å². The van der Waals surface area contributed by atoms with Crippen LogP contribution in [0.2, 0.25) is 0 Å². The summed E-state index contributed by atoms with van der Waals surface area (Å²) >= 11 is 0. The fourth-order valence-corrected chi connectivity index (χ4v) is 4.01. The van der Waals surface area contributed by atoms with Gasteiger partial charge in [-0.3, -0.25) is 9.97 Å². The minimum atomic E-state index is -0.482. The second-order valence-corrected chi connectivity index (χ2v) is 7.73. The highest BCUT2D eigenvalue weighted by molar-refractivity contribution is 6.17. The average molecular weight is 476 g/mol. The van der Waals surface area contributed by atoms with Crippen LogP contribution in [0.1, 0.15) is 34.4 Å². The van der Waals surface area contributed by atoms with Crippen LogP contribution in [0, 0.1) is 19.7 Å². The molecule has 35 heavy (non-hydrogen) atoms. The van der Waals surface area contributed by atoms with E-state index < -0.39 is 5.97 Å². The lowest BCUT2D eigenvalue weighted by Crippen LogP contribution is -2.07. The lowest BCUT2D eigenvalue weighted by molar-refractivity contribution is 0.0521. The van der Waals surface area contributed by atoms with E-state index in [4.69, 9.17) is 19.2 Å². The van der Waals surface area contributed by atoms with Crippen molar-refractivity contribution in [3.05, 3.63) is 71.2 Å². The molecule has 5 rings (SSSR count). The third-order valence-corrected chi connectivity index (χ3v) is 5.58. The first-order chi connectivity index (χ1) is 17.0. The molecule has 0 atom stereocenters. The molecule has 10 heteroatoms. The number of pyridine rings is 2. The number of H-pyrrole nitrogens is 1. The van der Waals surface area contributed by atoms with E-state index in [1.807, 2.05) is 13.0 Å². The molecule has 0 aliphatic carbocycles. The molecule has 4 heterocycles. The van der Waals surface area contributed by atoms with E-state index in [-0.39, 0.29) is 18.1 Å². The Labute approximate surface area is 202 Å². The molecule has 3 aromatic heterocycles. The van der Waals surface area contributed by atoms with Gasteiger partial charge in [-0.1, -0.05) is 6.07 Å². The Morgan fingerprint density at radius 2 is 1.97 bits per heavy atom. The number of nitrogens with zero attached hydrogens (tertiary/aromatic N) is 2. The summed E-state index contributed by atoms with van der Waals surface area (Å²) in [6.07, 6.45) is 3.88. The van der Waals surface area contributed by atoms with Crippen molar-refractivity contribution in [1.82, 2.24) is 15.0 Å². The number of carbonyl (C=O) groups excluding carboxylic acids is 1. The number of hydrogen-bond acceptors (Lipinski definition) is 7. The summed E-state index contributed by atoms with van der Waals surface area (Å²) in [7, 11) is 0.643. The van der Waals surface area contributed by atoms with Gasteiger partial charge >= 0.3 is 13.7 Å². The summed E-state index contributed by atoms with van der Waals surface area (Å²) in [6, 6.07) is 8.58. The monoisotopic (exact) mass is 476 g/mol. The van der Waals surface area contributed by atoms with E-state index in [9.17, 15) is 9.18 Å². The number of esters is 1. The predicted octanol–water partition coefficient (Wildman–Crippen LogP) is 4.08. The molecular formula is C25H24BFN3O5. The van der Waals surface area contributed by atoms with Gasteiger partial charge in [-0.05, 0) is 45.0 Å². The van der Waals surface area contributed by atoms with Gasteiger partial charge in [0.25, 0.3) is 0 Å². The Kier molecular flexibility index (Phi) is 7.31. The minimum Gasteiger partial charge on any atom is -0.536 e. The number of carbonyl (C=O) groups is 1. The second-order valence-electron chi connectivity index (χ2n) is 7.73. The molecule has 0 saturated carbocycles. The molecule has 1 aliphatic heterocycles. The third-order valence-electron chi connectivity index (χ3n) is 5.58. The van der Waals surface area contributed by atoms with Crippen molar-refractivity contribution in [2.24, 2.45) is 0 Å². The van der Waals surface area contributed by atoms with Crippen LogP contribution < -0.4 is 9.39 Å². The van der Waals surface area contributed by atoms with E-state index >= 15 is 0 Å².